The summed E-state index contributed by atoms with van der Waals surface area (Å²) in [5.41, 5.74) is 6.21. The highest BCUT2D eigenvalue weighted by atomic mass is 19.1. The Hall–Kier alpha value is -2.40. The number of carboxylic acid groups (broad SMARTS) is 1. The number of ether oxygens (including phenoxy) is 1. The first-order valence-electron chi connectivity index (χ1n) is 6.06. The van der Waals surface area contributed by atoms with Gasteiger partial charge in [0.1, 0.15) is 23.4 Å². The van der Waals surface area contributed by atoms with Crippen molar-refractivity contribution in [2.75, 3.05) is 0 Å². The van der Waals surface area contributed by atoms with Crippen molar-refractivity contribution in [2.45, 2.75) is 12.5 Å². The lowest BCUT2D eigenvalue weighted by molar-refractivity contribution is -0.138. The van der Waals surface area contributed by atoms with Crippen LogP contribution in [0.4, 0.5) is 4.39 Å². The number of hydrogen-bond acceptors (Lipinski definition) is 3. The molecule has 104 valence electrons. The zero-order chi connectivity index (χ0) is 14.5. The van der Waals surface area contributed by atoms with Crippen LogP contribution in [-0.4, -0.2) is 17.1 Å². The highest BCUT2D eigenvalue weighted by Crippen LogP contribution is 2.26. The predicted octanol–water partition coefficient (Wildman–Crippen LogP) is 2.57. The van der Waals surface area contributed by atoms with Gasteiger partial charge in [-0.1, -0.05) is 18.2 Å². The third-order valence-electron chi connectivity index (χ3n) is 2.77. The summed E-state index contributed by atoms with van der Waals surface area (Å²) in [7, 11) is 0. The van der Waals surface area contributed by atoms with Gasteiger partial charge in [0.15, 0.2) is 0 Å². The summed E-state index contributed by atoms with van der Waals surface area (Å²) in [6.45, 7) is 0. The average molecular weight is 275 g/mol. The van der Waals surface area contributed by atoms with E-state index in [2.05, 4.69) is 0 Å². The van der Waals surface area contributed by atoms with Crippen LogP contribution in [0.2, 0.25) is 0 Å². The number of nitrogens with two attached hydrogens (primary N) is 1. The van der Waals surface area contributed by atoms with Crippen LogP contribution >= 0.6 is 0 Å². The Morgan fingerprint density at radius 1 is 1.20 bits per heavy atom. The fraction of sp³-hybridized carbons (Fsp3) is 0.133. The van der Waals surface area contributed by atoms with E-state index in [1.54, 1.807) is 24.3 Å². The number of hydrogen-bond donors (Lipinski definition) is 2. The number of benzene rings is 2. The van der Waals surface area contributed by atoms with E-state index in [9.17, 15) is 9.18 Å². The van der Waals surface area contributed by atoms with Gasteiger partial charge in [-0.15, -0.1) is 0 Å². The number of aliphatic carboxylic acids is 1. The fourth-order valence-electron chi connectivity index (χ4n) is 1.73. The molecule has 2 aromatic carbocycles. The van der Waals surface area contributed by atoms with E-state index < -0.39 is 12.0 Å². The lowest BCUT2D eigenvalue weighted by Crippen LogP contribution is -2.32. The second-order valence-electron chi connectivity index (χ2n) is 4.31. The van der Waals surface area contributed by atoms with Crippen LogP contribution in [-0.2, 0) is 11.2 Å². The molecule has 2 aromatic rings. The summed E-state index contributed by atoms with van der Waals surface area (Å²) in [5.74, 6) is -0.432. The molecule has 0 saturated heterocycles. The van der Waals surface area contributed by atoms with Crippen LogP contribution in [0, 0.1) is 5.82 Å². The maximum Gasteiger partial charge on any atom is 0.320 e. The van der Waals surface area contributed by atoms with E-state index in [-0.39, 0.29) is 12.2 Å². The molecule has 3 N–H and O–H groups in total. The molecule has 0 aliphatic carbocycles. The molecule has 1 atom stereocenters. The molecule has 0 aliphatic heterocycles. The van der Waals surface area contributed by atoms with Crippen molar-refractivity contribution in [1.82, 2.24) is 0 Å². The molecule has 0 heterocycles. The Morgan fingerprint density at radius 3 is 2.50 bits per heavy atom. The summed E-state index contributed by atoms with van der Waals surface area (Å²) >= 11 is 0. The topological polar surface area (TPSA) is 72.5 Å². The summed E-state index contributed by atoms with van der Waals surface area (Å²) < 4.78 is 18.5. The monoisotopic (exact) mass is 275 g/mol. The average Bonchev–Trinajstić information content (AvgIpc) is 2.43. The molecule has 0 saturated carbocycles. The minimum Gasteiger partial charge on any atom is -0.480 e. The molecule has 5 heteroatoms. The highest BCUT2D eigenvalue weighted by Gasteiger charge is 2.15. The first kappa shape index (κ1) is 14.0. The van der Waals surface area contributed by atoms with E-state index in [0.717, 1.165) is 0 Å². The van der Waals surface area contributed by atoms with E-state index in [0.29, 0.717) is 17.1 Å². The Labute approximate surface area is 115 Å². The van der Waals surface area contributed by atoms with E-state index in [1.165, 1.54) is 24.3 Å². The summed E-state index contributed by atoms with van der Waals surface area (Å²) in [4.78, 5) is 10.8. The van der Waals surface area contributed by atoms with Crippen LogP contribution in [0.25, 0.3) is 0 Å². The molecule has 0 fully saturated rings. The normalized spacial score (nSPS) is 11.9. The van der Waals surface area contributed by atoms with Gasteiger partial charge in [-0.25, -0.2) is 4.39 Å². The molecule has 0 radical (unpaired) electrons. The maximum atomic E-state index is 12.8. The molecule has 0 spiro atoms. The number of carboxylic acids is 1. The van der Waals surface area contributed by atoms with Gasteiger partial charge in [0.2, 0.25) is 0 Å². The molecular weight excluding hydrogens is 261 g/mol. The Balaban J connectivity index is 2.19. The largest absolute Gasteiger partial charge is 0.480 e. The van der Waals surface area contributed by atoms with Gasteiger partial charge in [0.25, 0.3) is 0 Å². The number of rotatable bonds is 5. The molecular formula is C15H14FNO3. The third-order valence-corrected chi connectivity index (χ3v) is 2.77. The molecule has 0 bridgehead atoms. The molecule has 0 aliphatic rings. The fourth-order valence-corrected chi connectivity index (χ4v) is 1.73. The van der Waals surface area contributed by atoms with Crippen LogP contribution < -0.4 is 10.5 Å². The van der Waals surface area contributed by atoms with Crippen LogP contribution in [0.5, 0.6) is 11.5 Å². The van der Waals surface area contributed by atoms with Gasteiger partial charge in [-0.05, 0) is 35.9 Å². The zero-order valence-electron chi connectivity index (χ0n) is 10.6. The first-order valence-corrected chi connectivity index (χ1v) is 6.06. The van der Waals surface area contributed by atoms with E-state index >= 15 is 0 Å². The standard InChI is InChI=1S/C15H14FNO3/c16-11-5-7-12(8-6-11)20-14-4-2-1-3-10(14)9-13(17)15(18)19/h1-8,13H,9,17H2,(H,18,19). The Bertz CT molecular complexity index is 598. The smallest absolute Gasteiger partial charge is 0.320 e. The Morgan fingerprint density at radius 2 is 1.85 bits per heavy atom. The van der Waals surface area contributed by atoms with Crippen LogP contribution in [0.3, 0.4) is 0 Å². The minimum absolute atomic E-state index is 0.159. The lowest BCUT2D eigenvalue weighted by Gasteiger charge is -2.12. The van der Waals surface area contributed by atoms with E-state index in [4.69, 9.17) is 15.6 Å². The van der Waals surface area contributed by atoms with Gasteiger partial charge < -0.3 is 15.6 Å². The number of halogens is 1. The minimum atomic E-state index is -1.07. The zero-order valence-corrected chi connectivity index (χ0v) is 10.6. The summed E-state index contributed by atoms with van der Waals surface area (Å²) in [6.07, 6.45) is 0.159. The molecule has 1 unspecified atom stereocenters. The maximum absolute atomic E-state index is 12.8. The van der Waals surface area contributed by atoms with Crippen molar-refractivity contribution in [3.8, 4) is 11.5 Å². The molecule has 20 heavy (non-hydrogen) atoms. The van der Waals surface area contributed by atoms with Gasteiger partial charge in [0.05, 0.1) is 0 Å². The SMILES string of the molecule is NC(Cc1ccccc1Oc1ccc(F)cc1)C(=O)O. The van der Waals surface area contributed by atoms with Crippen molar-refractivity contribution >= 4 is 5.97 Å². The summed E-state index contributed by atoms with van der Waals surface area (Å²) in [5, 5.41) is 8.85. The van der Waals surface area contributed by atoms with Gasteiger partial charge in [-0.3, -0.25) is 4.79 Å². The van der Waals surface area contributed by atoms with Gasteiger partial charge in [0, 0.05) is 6.42 Å². The van der Waals surface area contributed by atoms with Crippen LogP contribution in [0.15, 0.2) is 48.5 Å². The second-order valence-corrected chi connectivity index (χ2v) is 4.31. The van der Waals surface area contributed by atoms with Crippen molar-refractivity contribution in [2.24, 2.45) is 5.73 Å². The molecule has 0 amide bonds. The number of para-hydroxylation sites is 1. The van der Waals surface area contributed by atoms with Crippen molar-refractivity contribution < 1.29 is 19.0 Å². The van der Waals surface area contributed by atoms with Crippen molar-refractivity contribution in [3.63, 3.8) is 0 Å². The Kier molecular flexibility index (Phi) is 4.32. The molecule has 4 nitrogen and oxygen atoms in total. The molecule has 0 aromatic heterocycles. The van der Waals surface area contributed by atoms with Crippen molar-refractivity contribution in [3.05, 3.63) is 59.9 Å². The third kappa shape index (κ3) is 3.55. The van der Waals surface area contributed by atoms with Crippen molar-refractivity contribution in [1.29, 1.82) is 0 Å². The summed E-state index contributed by atoms with van der Waals surface area (Å²) in [6, 6.07) is 11.6. The highest BCUT2D eigenvalue weighted by molar-refractivity contribution is 5.73. The lowest BCUT2D eigenvalue weighted by atomic mass is 10.1. The molecule has 2 rings (SSSR count). The van der Waals surface area contributed by atoms with Gasteiger partial charge >= 0.3 is 5.97 Å². The predicted molar refractivity (Wildman–Crippen MR) is 72.2 cm³/mol. The number of carbonyl (C=O) groups is 1. The quantitative estimate of drug-likeness (QED) is 0.879. The second kappa shape index (κ2) is 6.16. The van der Waals surface area contributed by atoms with Gasteiger partial charge in [-0.2, -0.15) is 0 Å². The van der Waals surface area contributed by atoms with Crippen LogP contribution in [0.1, 0.15) is 5.56 Å². The van der Waals surface area contributed by atoms with E-state index in [1.807, 2.05) is 0 Å². The first-order chi connectivity index (χ1) is 9.56.